The third kappa shape index (κ3) is 73.3. The molecule has 0 aliphatic heterocycles. The van der Waals surface area contributed by atoms with Crippen LogP contribution in [-0.4, -0.2) is 96.7 Å². The number of phosphoric ester groups is 2. The van der Waals surface area contributed by atoms with Crippen molar-refractivity contribution in [2.45, 2.75) is 316 Å². The lowest BCUT2D eigenvalue weighted by atomic mass is 10.1. The van der Waals surface area contributed by atoms with E-state index >= 15 is 0 Å². The van der Waals surface area contributed by atoms with E-state index in [1.807, 2.05) is 0 Å². The minimum absolute atomic E-state index is 0.0301. The molecule has 0 saturated heterocycles. The molecule has 0 spiro atoms. The van der Waals surface area contributed by atoms with E-state index in [-0.39, 0.29) is 25.7 Å². The van der Waals surface area contributed by atoms with Crippen LogP contribution in [0.25, 0.3) is 0 Å². The van der Waals surface area contributed by atoms with Gasteiger partial charge >= 0.3 is 39.5 Å². The van der Waals surface area contributed by atoms with E-state index in [4.69, 9.17) is 37.0 Å². The molecule has 0 fully saturated rings. The highest BCUT2D eigenvalue weighted by atomic mass is 31.2. The first-order valence-electron chi connectivity index (χ1n) is 39.1. The number of rotatable bonds is 72. The van der Waals surface area contributed by atoms with Crippen LogP contribution in [0.2, 0.25) is 0 Å². The van der Waals surface area contributed by atoms with Gasteiger partial charge in [0.1, 0.15) is 19.3 Å². The third-order valence-electron chi connectivity index (χ3n) is 15.8. The number of ether oxygens (including phenoxy) is 4. The SMILES string of the molecule is CC/C=C\C/C=C\C/C=C\C/C=C\C/C=C\CCCCCC(=O)OCC(COP(=O)(O)OCC(O)COP(=O)(O)OCC(COC(=O)CCCCCCC/C=C\C/C=C\CCCCC)OC(=O)CCCCCCC/C=C\CCCCCC)OC(=O)CCCC/C=C\C/C=C\C/C=C\C/C=C\CC. The molecule has 5 atom stereocenters. The molecular weight excluding hydrogens is 1330 g/mol. The number of hydrogen-bond donors (Lipinski definition) is 3. The van der Waals surface area contributed by atoms with Crippen molar-refractivity contribution in [2.75, 3.05) is 39.6 Å². The number of allylic oxidation sites excluding steroid dienone is 24. The average molecular weight is 1470 g/mol. The zero-order valence-electron chi connectivity index (χ0n) is 63.5. The van der Waals surface area contributed by atoms with E-state index in [1.165, 1.54) is 44.9 Å². The smallest absolute Gasteiger partial charge is 0.462 e. The van der Waals surface area contributed by atoms with Gasteiger partial charge in [-0.2, -0.15) is 0 Å². The van der Waals surface area contributed by atoms with Gasteiger partial charge in [-0.25, -0.2) is 9.13 Å². The largest absolute Gasteiger partial charge is 0.472 e. The molecular formula is C83H138O17P2. The van der Waals surface area contributed by atoms with Crippen molar-refractivity contribution >= 4 is 39.5 Å². The first kappa shape index (κ1) is 96.9. The fraction of sp³-hybridized carbons (Fsp3) is 0.663. The van der Waals surface area contributed by atoms with Gasteiger partial charge in [0.25, 0.3) is 0 Å². The van der Waals surface area contributed by atoms with Gasteiger partial charge in [-0.05, 0) is 167 Å². The van der Waals surface area contributed by atoms with Crippen LogP contribution in [-0.2, 0) is 65.4 Å². The van der Waals surface area contributed by atoms with Gasteiger partial charge in [-0.3, -0.25) is 37.3 Å². The summed E-state index contributed by atoms with van der Waals surface area (Å²) in [7, 11) is -9.99. The zero-order valence-corrected chi connectivity index (χ0v) is 65.3. The van der Waals surface area contributed by atoms with Gasteiger partial charge in [0.15, 0.2) is 12.2 Å². The number of carbonyl (C=O) groups excluding carboxylic acids is 4. The highest BCUT2D eigenvalue weighted by Crippen LogP contribution is 2.45. The molecule has 0 aliphatic carbocycles. The summed E-state index contributed by atoms with van der Waals surface area (Å²) < 4.78 is 68.5. The topological polar surface area (TPSA) is 237 Å². The summed E-state index contributed by atoms with van der Waals surface area (Å²) in [5.74, 6) is -2.29. The van der Waals surface area contributed by atoms with Crippen LogP contribution in [0.5, 0.6) is 0 Å². The van der Waals surface area contributed by atoms with Crippen LogP contribution < -0.4 is 0 Å². The van der Waals surface area contributed by atoms with Gasteiger partial charge < -0.3 is 33.8 Å². The molecule has 0 bridgehead atoms. The summed E-state index contributed by atoms with van der Waals surface area (Å²) in [5, 5.41) is 10.6. The van der Waals surface area contributed by atoms with E-state index in [1.54, 1.807) is 0 Å². The van der Waals surface area contributed by atoms with Crippen LogP contribution in [0, 0.1) is 0 Å². The predicted molar refractivity (Wildman–Crippen MR) is 417 cm³/mol. The van der Waals surface area contributed by atoms with Gasteiger partial charge in [-0.1, -0.05) is 251 Å². The van der Waals surface area contributed by atoms with E-state index in [0.717, 1.165) is 167 Å². The van der Waals surface area contributed by atoms with Gasteiger partial charge in [-0.15, -0.1) is 0 Å². The number of carbonyl (C=O) groups is 4. The normalized spacial score (nSPS) is 14.7. The van der Waals surface area contributed by atoms with Crippen LogP contribution in [0.3, 0.4) is 0 Å². The minimum atomic E-state index is -5.00. The lowest BCUT2D eigenvalue weighted by molar-refractivity contribution is -0.161. The molecule has 102 heavy (non-hydrogen) atoms. The number of esters is 4. The van der Waals surface area contributed by atoms with E-state index in [0.29, 0.717) is 32.1 Å². The number of phosphoric acid groups is 2. The second-order valence-electron chi connectivity index (χ2n) is 25.5. The molecule has 582 valence electrons. The van der Waals surface area contributed by atoms with E-state index in [9.17, 15) is 43.2 Å². The monoisotopic (exact) mass is 1470 g/mol. The zero-order chi connectivity index (χ0) is 74.6. The molecule has 19 heteroatoms. The standard InChI is InChI=1S/C83H138O17P2/c1-5-9-13-17-21-25-29-33-36-37-38-39-42-45-48-52-56-60-64-68-81(86)94-74-79(100-83(88)70-66-62-58-54-50-46-41-35-31-27-23-19-15-11-7-3)76-98-102(91,92)96-72-77(84)71-95-101(89,90)97-75-78(99-82(87)69-65-61-57-53-49-43-32-28-24-20-16-12-8-4)73-93-80(85)67-63-59-55-51-47-44-40-34-30-26-22-18-14-10-6-2/h9,11,13,15,21-23,25-28,32-36,38-41,45,48,50,54,77-79,84H,5-8,10,12,14,16-20,24,29-31,37,42-44,46-47,49,51-53,55-76H2,1-4H3,(H,89,90)(H,91,92)/b13-9-,15-11-,25-21-,26-22-,27-23-,32-28-,36-33-,39-38-,40-34-,41-35-,48-45-,54-50-. The number of hydrogen-bond acceptors (Lipinski definition) is 15. The van der Waals surface area contributed by atoms with Crippen molar-refractivity contribution in [1.82, 2.24) is 0 Å². The highest BCUT2D eigenvalue weighted by molar-refractivity contribution is 7.47. The molecule has 0 radical (unpaired) electrons. The second kappa shape index (κ2) is 74.2. The van der Waals surface area contributed by atoms with Crippen LogP contribution >= 0.6 is 15.6 Å². The first-order chi connectivity index (χ1) is 49.7. The molecule has 0 heterocycles. The summed E-state index contributed by atoms with van der Waals surface area (Å²) in [5.41, 5.74) is 0. The Morgan fingerprint density at radius 1 is 0.284 bits per heavy atom. The Bertz CT molecular complexity index is 2510. The number of aliphatic hydroxyl groups excluding tert-OH is 1. The summed E-state index contributed by atoms with van der Waals surface area (Å²) in [4.78, 5) is 72.9. The van der Waals surface area contributed by atoms with Gasteiger partial charge in [0, 0.05) is 25.7 Å². The molecule has 0 aliphatic rings. The highest BCUT2D eigenvalue weighted by Gasteiger charge is 2.30. The first-order valence-corrected chi connectivity index (χ1v) is 42.1. The molecule has 3 N–H and O–H groups in total. The lowest BCUT2D eigenvalue weighted by Crippen LogP contribution is -2.30. The Balaban J connectivity index is 5.44. The molecule has 5 unspecified atom stereocenters. The molecule has 0 aromatic carbocycles. The molecule has 0 amide bonds. The molecule has 0 aromatic heterocycles. The minimum Gasteiger partial charge on any atom is -0.462 e. The van der Waals surface area contributed by atoms with Gasteiger partial charge in [0.2, 0.25) is 0 Å². The van der Waals surface area contributed by atoms with E-state index in [2.05, 4.69) is 174 Å². The maximum atomic E-state index is 13.1. The van der Waals surface area contributed by atoms with Crippen molar-refractivity contribution in [1.29, 1.82) is 0 Å². The van der Waals surface area contributed by atoms with Crippen molar-refractivity contribution < 1.29 is 80.2 Å². The lowest BCUT2D eigenvalue weighted by Gasteiger charge is -2.21. The van der Waals surface area contributed by atoms with Crippen molar-refractivity contribution in [2.24, 2.45) is 0 Å². The number of unbranched alkanes of at least 4 members (excludes halogenated alkanes) is 22. The summed E-state index contributed by atoms with van der Waals surface area (Å²) in [6, 6.07) is 0. The number of aliphatic hydroxyl groups is 1. The third-order valence-corrected chi connectivity index (χ3v) is 17.7. The Morgan fingerprint density at radius 3 is 0.843 bits per heavy atom. The van der Waals surface area contributed by atoms with Crippen molar-refractivity contribution in [3.63, 3.8) is 0 Å². The maximum absolute atomic E-state index is 13.1. The predicted octanol–water partition coefficient (Wildman–Crippen LogP) is 22.7. The average Bonchev–Trinajstić information content (AvgIpc) is 0.924. The van der Waals surface area contributed by atoms with E-state index < -0.39 is 97.5 Å². The van der Waals surface area contributed by atoms with Gasteiger partial charge in [0.05, 0.1) is 26.4 Å². The van der Waals surface area contributed by atoms with Crippen LogP contribution in [0.4, 0.5) is 0 Å². The maximum Gasteiger partial charge on any atom is 0.472 e. The fourth-order valence-electron chi connectivity index (χ4n) is 9.85. The summed E-state index contributed by atoms with van der Waals surface area (Å²) in [6.45, 7) is 4.48. The van der Waals surface area contributed by atoms with Crippen molar-refractivity contribution in [3.8, 4) is 0 Å². The quantitative estimate of drug-likeness (QED) is 0.0169. The van der Waals surface area contributed by atoms with Crippen molar-refractivity contribution in [3.05, 3.63) is 146 Å². The Hall–Kier alpha value is -5.06. The fourth-order valence-corrected chi connectivity index (χ4v) is 11.4. The molecule has 17 nitrogen and oxygen atoms in total. The summed E-state index contributed by atoms with van der Waals surface area (Å²) in [6.07, 6.45) is 84.1. The Kier molecular flexibility index (Phi) is 70.5. The molecule has 0 rings (SSSR count). The molecule has 0 aromatic rings. The summed E-state index contributed by atoms with van der Waals surface area (Å²) >= 11 is 0. The second-order valence-corrected chi connectivity index (χ2v) is 28.4. The van der Waals surface area contributed by atoms with Crippen LogP contribution in [0.1, 0.15) is 297 Å². The molecule has 0 saturated carbocycles. The Morgan fingerprint density at radius 2 is 0.510 bits per heavy atom. The Labute approximate surface area is 617 Å². The van der Waals surface area contributed by atoms with Crippen LogP contribution in [0.15, 0.2) is 146 Å².